The van der Waals surface area contributed by atoms with E-state index in [-0.39, 0.29) is 12.3 Å². The second-order valence-corrected chi connectivity index (χ2v) is 19.0. The molecule has 0 aromatic carbocycles. The number of rotatable bonds is 36. The van der Waals surface area contributed by atoms with Gasteiger partial charge in [0.1, 0.15) is 73.2 Å². The first-order valence-corrected chi connectivity index (χ1v) is 27.3. The molecular formula is C58H91NO18. The molecule has 3 fully saturated rings. The Bertz CT molecular complexity index is 1880. The average molecular weight is 1090 g/mol. The quantitative estimate of drug-likeness (QED) is 0.0316. The van der Waals surface area contributed by atoms with Gasteiger partial charge in [0.15, 0.2) is 18.9 Å². The van der Waals surface area contributed by atoms with Crippen molar-refractivity contribution in [1.82, 2.24) is 5.32 Å². The summed E-state index contributed by atoms with van der Waals surface area (Å²) in [5, 5.41) is 119. The molecule has 0 saturated carbocycles. The van der Waals surface area contributed by atoms with E-state index in [4.69, 9.17) is 28.4 Å². The molecule has 17 unspecified atom stereocenters. The SMILES string of the molecule is CC/C=C\C/C=C\C/C=C\C/C=C\C/C=C\C/C=C\C/C=C\C/C=C\C/C=C\CCCC(=O)NC(COC1OC(CO)C(OC2OC(CO)C(OC3OC(CO)C(O)C(O)C3O)C(O)C2O)C(O)C1O)C(O)/C=C/CCC. The minimum absolute atomic E-state index is 0.151. The van der Waals surface area contributed by atoms with Crippen LogP contribution in [-0.4, -0.2) is 193 Å². The van der Waals surface area contributed by atoms with E-state index in [1.807, 2.05) is 19.1 Å². The summed E-state index contributed by atoms with van der Waals surface area (Å²) >= 11 is 0. The van der Waals surface area contributed by atoms with Gasteiger partial charge in [-0.3, -0.25) is 4.79 Å². The topological polar surface area (TPSA) is 307 Å². The Morgan fingerprint density at radius 3 is 1.30 bits per heavy atom. The highest BCUT2D eigenvalue weighted by Crippen LogP contribution is 2.33. The van der Waals surface area contributed by atoms with Crippen LogP contribution in [0.1, 0.15) is 104 Å². The van der Waals surface area contributed by atoms with E-state index in [1.165, 1.54) is 6.08 Å². The summed E-state index contributed by atoms with van der Waals surface area (Å²) in [6, 6.07) is -1.01. The van der Waals surface area contributed by atoms with Crippen LogP contribution in [-0.2, 0) is 33.2 Å². The van der Waals surface area contributed by atoms with Crippen molar-refractivity contribution in [2.75, 3.05) is 26.4 Å². The number of aliphatic hydroxyl groups excluding tert-OH is 11. The zero-order chi connectivity index (χ0) is 56.2. The van der Waals surface area contributed by atoms with Gasteiger partial charge in [-0.25, -0.2) is 0 Å². The van der Waals surface area contributed by atoms with Crippen LogP contribution in [0, 0.1) is 0 Å². The van der Waals surface area contributed by atoms with E-state index in [1.54, 1.807) is 6.08 Å². The smallest absolute Gasteiger partial charge is 0.220 e. The van der Waals surface area contributed by atoms with Gasteiger partial charge in [-0.05, 0) is 77.0 Å². The lowest BCUT2D eigenvalue weighted by molar-refractivity contribution is -0.379. The Labute approximate surface area is 455 Å². The van der Waals surface area contributed by atoms with Gasteiger partial charge < -0.3 is 89.9 Å². The fourth-order valence-corrected chi connectivity index (χ4v) is 8.25. The Balaban J connectivity index is 1.38. The van der Waals surface area contributed by atoms with Crippen LogP contribution in [0.2, 0.25) is 0 Å². The molecule has 3 saturated heterocycles. The maximum atomic E-state index is 13.1. The molecule has 0 aromatic heterocycles. The van der Waals surface area contributed by atoms with Gasteiger partial charge in [-0.15, -0.1) is 0 Å². The molecule has 0 spiro atoms. The van der Waals surface area contributed by atoms with Gasteiger partial charge in [-0.1, -0.05) is 142 Å². The molecule has 0 aromatic rings. The van der Waals surface area contributed by atoms with Crippen LogP contribution in [0.4, 0.5) is 0 Å². The minimum Gasteiger partial charge on any atom is -0.394 e. The number of aliphatic hydroxyl groups is 11. The number of ether oxygens (including phenoxy) is 6. The van der Waals surface area contributed by atoms with Crippen LogP contribution >= 0.6 is 0 Å². The molecule has 0 aliphatic carbocycles. The maximum absolute atomic E-state index is 13.1. The molecule has 3 rings (SSSR count). The molecule has 0 radical (unpaired) electrons. The maximum Gasteiger partial charge on any atom is 0.220 e. The van der Waals surface area contributed by atoms with Gasteiger partial charge in [0.2, 0.25) is 5.91 Å². The third kappa shape index (κ3) is 25.0. The van der Waals surface area contributed by atoms with E-state index in [9.17, 15) is 61.0 Å². The molecule has 19 heteroatoms. The van der Waals surface area contributed by atoms with Crippen LogP contribution in [0.5, 0.6) is 0 Å². The van der Waals surface area contributed by atoms with E-state index in [0.29, 0.717) is 19.3 Å². The first-order chi connectivity index (χ1) is 37.3. The summed E-state index contributed by atoms with van der Waals surface area (Å²) < 4.78 is 33.8. The number of carbonyl (C=O) groups is 1. The molecule has 3 heterocycles. The zero-order valence-electron chi connectivity index (χ0n) is 44.9. The molecule has 1 amide bonds. The summed E-state index contributed by atoms with van der Waals surface area (Å²) in [7, 11) is 0. The van der Waals surface area contributed by atoms with Crippen LogP contribution in [0.15, 0.2) is 122 Å². The van der Waals surface area contributed by atoms with Gasteiger partial charge in [0, 0.05) is 6.42 Å². The van der Waals surface area contributed by atoms with Crippen molar-refractivity contribution in [2.45, 2.75) is 208 Å². The Morgan fingerprint density at radius 1 is 0.481 bits per heavy atom. The van der Waals surface area contributed by atoms with E-state index >= 15 is 0 Å². The predicted octanol–water partition coefficient (Wildman–Crippen LogP) is 3.36. The molecule has 19 nitrogen and oxygen atoms in total. The van der Waals surface area contributed by atoms with E-state index in [2.05, 4.69) is 109 Å². The first-order valence-electron chi connectivity index (χ1n) is 27.3. The van der Waals surface area contributed by atoms with Crippen molar-refractivity contribution in [3.8, 4) is 0 Å². The second kappa shape index (κ2) is 40.4. The molecule has 3 aliphatic rings. The van der Waals surface area contributed by atoms with Gasteiger partial charge in [0.05, 0.1) is 38.6 Å². The van der Waals surface area contributed by atoms with Crippen LogP contribution in [0.25, 0.3) is 0 Å². The summed E-state index contributed by atoms with van der Waals surface area (Å²) in [5.74, 6) is -0.354. The second-order valence-electron chi connectivity index (χ2n) is 19.0. The highest BCUT2D eigenvalue weighted by atomic mass is 16.8. The number of unbranched alkanes of at least 4 members (excludes halogenated alkanes) is 2. The first kappa shape index (κ1) is 67.5. The van der Waals surface area contributed by atoms with Crippen molar-refractivity contribution in [3.63, 3.8) is 0 Å². The number of hydrogen-bond acceptors (Lipinski definition) is 18. The molecule has 12 N–H and O–H groups in total. The van der Waals surface area contributed by atoms with Crippen molar-refractivity contribution >= 4 is 5.91 Å². The molecule has 436 valence electrons. The normalized spacial score (nSPS) is 31.7. The number of carbonyl (C=O) groups excluding carboxylic acids is 1. The average Bonchev–Trinajstić information content (AvgIpc) is 3.43. The Morgan fingerprint density at radius 2 is 0.870 bits per heavy atom. The summed E-state index contributed by atoms with van der Waals surface area (Å²) in [4.78, 5) is 13.1. The van der Waals surface area contributed by atoms with Gasteiger partial charge >= 0.3 is 0 Å². The van der Waals surface area contributed by atoms with E-state index in [0.717, 1.165) is 64.2 Å². The number of amides is 1. The number of hydrogen-bond donors (Lipinski definition) is 12. The monoisotopic (exact) mass is 1090 g/mol. The summed E-state index contributed by atoms with van der Waals surface area (Å²) in [5.41, 5.74) is 0. The molecule has 3 aliphatic heterocycles. The summed E-state index contributed by atoms with van der Waals surface area (Å²) in [6.45, 7) is 1.26. The lowest BCUT2D eigenvalue weighted by Gasteiger charge is -2.48. The number of allylic oxidation sites excluding steroid dienone is 19. The number of nitrogens with one attached hydrogen (secondary N) is 1. The fraction of sp³-hybridized carbons (Fsp3) is 0.638. The predicted molar refractivity (Wildman–Crippen MR) is 290 cm³/mol. The standard InChI is InChI=1S/C58H91NO18/c1-3-5-7-8-9-10-11-12-13-14-15-16-17-18-19-20-21-22-23-24-25-26-27-28-29-30-31-32-34-36-46(64)59-41(42(63)35-33-6-4-2)40-72-56-52(70)49(67)54(44(38-61)74-56)77-58-53(71)50(68)55(45(39-62)75-58)76-57-51(69)48(66)47(65)43(37-60)73-57/h5,7,9-10,12-13,15-16,18-19,21-22,24-25,27-28,30-31,33,35,41-45,47-58,60-63,65-71H,3-4,6,8,11,14,17,20,23,26,29,32,34,36-40H2,1-2H3,(H,59,64)/b7-5-,10-9-,13-12-,16-15-,19-18-,22-21-,25-24-,28-27-,31-30-,35-33+. The largest absolute Gasteiger partial charge is 0.394 e. The van der Waals surface area contributed by atoms with Crippen molar-refractivity contribution in [1.29, 1.82) is 0 Å². The van der Waals surface area contributed by atoms with Gasteiger partial charge in [-0.2, -0.15) is 0 Å². The third-order valence-corrected chi connectivity index (χ3v) is 12.7. The minimum atomic E-state index is -1.99. The van der Waals surface area contributed by atoms with Crippen molar-refractivity contribution in [2.24, 2.45) is 0 Å². The Kier molecular flexibility index (Phi) is 35.4. The molecule has 77 heavy (non-hydrogen) atoms. The fourth-order valence-electron chi connectivity index (χ4n) is 8.25. The lowest BCUT2D eigenvalue weighted by atomic mass is 9.96. The molecular weight excluding hydrogens is 999 g/mol. The van der Waals surface area contributed by atoms with E-state index < -0.39 is 131 Å². The zero-order valence-corrected chi connectivity index (χ0v) is 44.9. The van der Waals surface area contributed by atoms with Crippen LogP contribution in [0.3, 0.4) is 0 Å². The van der Waals surface area contributed by atoms with Crippen molar-refractivity contribution < 1.29 is 89.4 Å². The molecule has 0 bridgehead atoms. The summed E-state index contributed by atoms with van der Waals surface area (Å²) in [6.07, 6.45) is 26.2. The third-order valence-electron chi connectivity index (χ3n) is 12.7. The molecule has 17 atom stereocenters. The Hall–Kier alpha value is -3.81. The van der Waals surface area contributed by atoms with Gasteiger partial charge in [0.25, 0.3) is 0 Å². The van der Waals surface area contributed by atoms with Crippen molar-refractivity contribution in [3.05, 3.63) is 122 Å². The van der Waals surface area contributed by atoms with Crippen LogP contribution < -0.4 is 5.32 Å². The lowest BCUT2D eigenvalue weighted by Crippen LogP contribution is -2.66. The highest BCUT2D eigenvalue weighted by Gasteiger charge is 2.53. The highest BCUT2D eigenvalue weighted by molar-refractivity contribution is 5.76.